The van der Waals surface area contributed by atoms with Crippen LogP contribution in [0.3, 0.4) is 0 Å². The molecule has 0 atom stereocenters. The third kappa shape index (κ3) is 4.58. The maximum absolute atomic E-state index is 12.7. The predicted molar refractivity (Wildman–Crippen MR) is 107 cm³/mol. The van der Waals surface area contributed by atoms with Crippen LogP contribution in [0.2, 0.25) is 5.02 Å². The summed E-state index contributed by atoms with van der Waals surface area (Å²) in [5.74, 6) is -0.276. The SMILES string of the molecule is CS(=O)(=O)c1cccc(CS(=O)(=O)c2ccc(-c3ccccc3Cl)cc2)c1. The van der Waals surface area contributed by atoms with Gasteiger partial charge in [-0.25, -0.2) is 16.8 Å². The van der Waals surface area contributed by atoms with Crippen molar-refractivity contribution in [2.45, 2.75) is 15.5 Å². The van der Waals surface area contributed by atoms with Gasteiger partial charge in [0.05, 0.1) is 15.5 Å². The van der Waals surface area contributed by atoms with Gasteiger partial charge in [0, 0.05) is 16.8 Å². The van der Waals surface area contributed by atoms with E-state index in [9.17, 15) is 16.8 Å². The maximum atomic E-state index is 12.7. The van der Waals surface area contributed by atoms with E-state index in [0.29, 0.717) is 10.6 Å². The molecule has 0 amide bonds. The minimum absolute atomic E-state index is 0.101. The Labute approximate surface area is 164 Å². The lowest BCUT2D eigenvalue weighted by Gasteiger charge is -2.08. The van der Waals surface area contributed by atoms with Gasteiger partial charge in [-0.3, -0.25) is 0 Å². The van der Waals surface area contributed by atoms with Crippen molar-refractivity contribution in [1.82, 2.24) is 0 Å². The zero-order chi connectivity index (χ0) is 19.7. The zero-order valence-electron chi connectivity index (χ0n) is 14.5. The standard InChI is InChI=1S/C20H17ClO4S2/c1-26(22,23)18-6-4-5-15(13-18)14-27(24,25)17-11-9-16(10-12-17)19-7-2-3-8-20(19)21/h2-13H,14H2,1H3. The second-order valence-electron chi connectivity index (χ2n) is 6.18. The Kier molecular flexibility index (Phi) is 5.42. The van der Waals surface area contributed by atoms with E-state index in [2.05, 4.69) is 0 Å². The van der Waals surface area contributed by atoms with Gasteiger partial charge in [-0.1, -0.05) is 54.1 Å². The number of halogens is 1. The molecule has 0 aliphatic heterocycles. The molecule has 0 aromatic heterocycles. The lowest BCUT2D eigenvalue weighted by atomic mass is 10.1. The van der Waals surface area contributed by atoms with Crippen molar-refractivity contribution in [1.29, 1.82) is 0 Å². The monoisotopic (exact) mass is 420 g/mol. The first-order valence-electron chi connectivity index (χ1n) is 8.03. The van der Waals surface area contributed by atoms with E-state index in [1.165, 1.54) is 24.3 Å². The van der Waals surface area contributed by atoms with Crippen LogP contribution in [-0.4, -0.2) is 23.1 Å². The van der Waals surface area contributed by atoms with Crippen LogP contribution < -0.4 is 0 Å². The molecule has 0 saturated carbocycles. The molecule has 0 bridgehead atoms. The molecule has 0 N–H and O–H groups in total. The second kappa shape index (κ2) is 7.46. The Bertz CT molecular complexity index is 1180. The minimum Gasteiger partial charge on any atom is -0.224 e. The second-order valence-corrected chi connectivity index (χ2v) is 10.6. The first-order valence-corrected chi connectivity index (χ1v) is 12.0. The molecular formula is C20H17ClO4S2. The normalized spacial score (nSPS) is 12.1. The van der Waals surface area contributed by atoms with Crippen LogP contribution in [0.4, 0.5) is 0 Å². The summed E-state index contributed by atoms with van der Waals surface area (Å²) in [6.07, 6.45) is 1.09. The van der Waals surface area contributed by atoms with Crippen molar-refractivity contribution in [2.75, 3.05) is 6.26 Å². The molecule has 3 aromatic rings. The molecule has 0 saturated heterocycles. The molecule has 0 aliphatic carbocycles. The summed E-state index contributed by atoms with van der Waals surface area (Å²) in [7, 11) is -7.01. The first-order chi connectivity index (χ1) is 12.7. The average Bonchev–Trinajstić information content (AvgIpc) is 2.61. The van der Waals surface area contributed by atoms with Crippen molar-refractivity contribution >= 4 is 31.3 Å². The average molecular weight is 421 g/mol. The third-order valence-electron chi connectivity index (χ3n) is 4.08. The van der Waals surface area contributed by atoms with Gasteiger partial charge in [0.2, 0.25) is 0 Å². The van der Waals surface area contributed by atoms with Gasteiger partial charge >= 0.3 is 0 Å². The Morgan fingerprint density at radius 2 is 1.44 bits per heavy atom. The summed E-state index contributed by atoms with van der Waals surface area (Å²) in [6, 6.07) is 19.8. The van der Waals surface area contributed by atoms with Crippen LogP contribution >= 0.6 is 11.6 Å². The lowest BCUT2D eigenvalue weighted by Crippen LogP contribution is -2.06. The molecule has 7 heteroatoms. The number of rotatable bonds is 5. The molecule has 0 heterocycles. The van der Waals surface area contributed by atoms with Crippen molar-refractivity contribution in [3.8, 4) is 11.1 Å². The number of benzene rings is 3. The van der Waals surface area contributed by atoms with E-state index in [1.807, 2.05) is 18.2 Å². The Hall–Kier alpha value is -2.15. The van der Waals surface area contributed by atoms with E-state index in [4.69, 9.17) is 11.6 Å². The zero-order valence-corrected chi connectivity index (χ0v) is 16.9. The van der Waals surface area contributed by atoms with Gasteiger partial charge in [-0.05, 0) is 41.5 Å². The summed E-state index contributed by atoms with van der Waals surface area (Å²) in [4.78, 5) is 0.271. The van der Waals surface area contributed by atoms with Crippen LogP contribution in [0.5, 0.6) is 0 Å². The molecule has 0 aliphatic rings. The lowest BCUT2D eigenvalue weighted by molar-refractivity contribution is 0.594. The van der Waals surface area contributed by atoms with E-state index in [-0.39, 0.29) is 15.5 Å². The number of sulfone groups is 2. The van der Waals surface area contributed by atoms with Crippen LogP contribution in [0.25, 0.3) is 11.1 Å². The summed E-state index contributed by atoms with van der Waals surface area (Å²) in [5, 5.41) is 0.589. The van der Waals surface area contributed by atoms with E-state index in [0.717, 1.165) is 17.4 Å². The van der Waals surface area contributed by atoms with Gasteiger partial charge in [-0.15, -0.1) is 0 Å². The molecule has 4 nitrogen and oxygen atoms in total. The van der Waals surface area contributed by atoms with Gasteiger partial charge in [0.25, 0.3) is 0 Å². The third-order valence-corrected chi connectivity index (χ3v) is 7.23. The fraction of sp³-hybridized carbons (Fsp3) is 0.100. The number of hydrogen-bond acceptors (Lipinski definition) is 4. The molecule has 27 heavy (non-hydrogen) atoms. The van der Waals surface area contributed by atoms with Crippen LogP contribution in [-0.2, 0) is 25.4 Å². The number of hydrogen-bond donors (Lipinski definition) is 0. The van der Waals surface area contributed by atoms with Crippen molar-refractivity contribution in [3.63, 3.8) is 0 Å². The molecule has 3 rings (SSSR count). The predicted octanol–water partition coefficient (Wildman–Crippen LogP) is 4.38. The van der Waals surface area contributed by atoms with E-state index in [1.54, 1.807) is 30.3 Å². The van der Waals surface area contributed by atoms with Gasteiger partial charge in [0.15, 0.2) is 19.7 Å². The Morgan fingerprint density at radius 3 is 2.07 bits per heavy atom. The molecule has 140 valence electrons. The first kappa shape index (κ1) is 19.6. The summed E-state index contributed by atoms with van der Waals surface area (Å²) < 4.78 is 48.7. The Morgan fingerprint density at radius 1 is 0.778 bits per heavy atom. The highest BCUT2D eigenvalue weighted by Gasteiger charge is 2.17. The highest BCUT2D eigenvalue weighted by molar-refractivity contribution is 7.91. The minimum atomic E-state index is -3.61. The van der Waals surface area contributed by atoms with Crippen LogP contribution in [0.1, 0.15) is 5.56 Å². The largest absolute Gasteiger partial charge is 0.224 e. The van der Waals surface area contributed by atoms with E-state index < -0.39 is 19.7 Å². The summed E-state index contributed by atoms with van der Waals surface area (Å²) >= 11 is 6.18. The quantitative estimate of drug-likeness (QED) is 0.614. The molecule has 0 radical (unpaired) electrons. The van der Waals surface area contributed by atoms with Gasteiger partial charge in [-0.2, -0.15) is 0 Å². The molecule has 0 fully saturated rings. The summed E-state index contributed by atoms with van der Waals surface area (Å²) in [6.45, 7) is 0. The van der Waals surface area contributed by atoms with Crippen molar-refractivity contribution in [2.24, 2.45) is 0 Å². The molecule has 0 unspecified atom stereocenters. The fourth-order valence-electron chi connectivity index (χ4n) is 2.71. The van der Waals surface area contributed by atoms with Gasteiger partial charge in [0.1, 0.15) is 0 Å². The molecule has 3 aromatic carbocycles. The highest BCUT2D eigenvalue weighted by atomic mass is 35.5. The van der Waals surface area contributed by atoms with E-state index >= 15 is 0 Å². The summed E-state index contributed by atoms with van der Waals surface area (Å²) in [5.41, 5.74) is 2.07. The smallest absolute Gasteiger partial charge is 0.182 e. The maximum Gasteiger partial charge on any atom is 0.182 e. The van der Waals surface area contributed by atoms with Crippen molar-refractivity contribution < 1.29 is 16.8 Å². The molecular weight excluding hydrogens is 404 g/mol. The molecule has 0 spiro atoms. The Balaban J connectivity index is 1.89. The van der Waals surface area contributed by atoms with Gasteiger partial charge < -0.3 is 0 Å². The van der Waals surface area contributed by atoms with Crippen LogP contribution in [0, 0.1) is 0 Å². The topological polar surface area (TPSA) is 68.3 Å². The van der Waals surface area contributed by atoms with Crippen molar-refractivity contribution in [3.05, 3.63) is 83.4 Å². The van der Waals surface area contributed by atoms with Crippen LogP contribution in [0.15, 0.2) is 82.6 Å². The fourth-order valence-corrected chi connectivity index (χ4v) is 4.98. The highest BCUT2D eigenvalue weighted by Crippen LogP contribution is 2.29.